The summed E-state index contributed by atoms with van der Waals surface area (Å²) in [5.41, 5.74) is 7.34. The minimum atomic E-state index is -1.33. The standard InChI is InChI=1S/C27H18Cl3N3O4/c28-19-12-6-1-7-14(19)23(35)32-31-20(34)13-33-24(36)21-22(25(33)37)27(30)16-9-3-2-8-15(16)26(21,29)17-10-4-5-11-18(17)27/h1-12,21-22H,13H2,(H,31,34)(H,32,35)/t21-,22-,26?,27?/m0/s1. The minimum absolute atomic E-state index is 0.157. The number of nitrogens with one attached hydrogen (secondary N) is 2. The van der Waals surface area contributed by atoms with E-state index in [0.29, 0.717) is 22.3 Å². The van der Waals surface area contributed by atoms with Crippen LogP contribution in [0.25, 0.3) is 0 Å². The molecule has 2 N–H and O–H groups in total. The van der Waals surface area contributed by atoms with Crippen LogP contribution < -0.4 is 10.9 Å². The second kappa shape index (κ2) is 8.31. The van der Waals surface area contributed by atoms with Gasteiger partial charge >= 0.3 is 0 Å². The molecule has 0 spiro atoms. The molecule has 0 unspecified atom stereocenters. The predicted molar refractivity (Wildman–Crippen MR) is 137 cm³/mol. The van der Waals surface area contributed by atoms with Crippen LogP contribution in [0, 0.1) is 11.8 Å². The minimum Gasteiger partial charge on any atom is -0.274 e. The summed E-state index contributed by atoms with van der Waals surface area (Å²) in [4.78, 5) is 50.8. The Morgan fingerprint density at radius 1 is 0.730 bits per heavy atom. The summed E-state index contributed by atoms with van der Waals surface area (Å²) < 4.78 is 0. The van der Waals surface area contributed by atoms with Crippen molar-refractivity contribution in [3.05, 3.63) is 106 Å². The SMILES string of the molecule is O=C(CN1C(=O)[C@@H]2[C@@H](C1=O)C1(Cl)c3ccccc3C2(Cl)c2ccccc21)NNC(=O)c1ccccc1Cl. The first-order chi connectivity index (χ1) is 17.7. The van der Waals surface area contributed by atoms with Crippen molar-refractivity contribution in [2.45, 2.75) is 9.75 Å². The van der Waals surface area contributed by atoms with Gasteiger partial charge in [-0.25, -0.2) is 0 Å². The Labute approximate surface area is 226 Å². The molecule has 0 radical (unpaired) electrons. The Morgan fingerprint density at radius 2 is 1.16 bits per heavy atom. The molecule has 3 aromatic rings. The van der Waals surface area contributed by atoms with Gasteiger partial charge in [-0.3, -0.25) is 34.9 Å². The maximum atomic E-state index is 13.7. The lowest BCUT2D eigenvalue weighted by Gasteiger charge is -2.54. The molecular weight excluding hydrogens is 537 g/mol. The van der Waals surface area contributed by atoms with Gasteiger partial charge in [0.2, 0.25) is 11.8 Å². The first-order valence-electron chi connectivity index (χ1n) is 11.5. The highest BCUT2D eigenvalue weighted by molar-refractivity contribution is 6.36. The van der Waals surface area contributed by atoms with Crippen molar-refractivity contribution in [1.29, 1.82) is 0 Å². The van der Waals surface area contributed by atoms with Gasteiger partial charge in [0, 0.05) is 0 Å². The number of halogens is 3. The number of alkyl halides is 2. The molecule has 186 valence electrons. The summed E-state index contributed by atoms with van der Waals surface area (Å²) >= 11 is 20.7. The van der Waals surface area contributed by atoms with E-state index in [9.17, 15) is 19.2 Å². The van der Waals surface area contributed by atoms with Crippen LogP contribution in [0.2, 0.25) is 5.02 Å². The fourth-order valence-electron chi connectivity index (χ4n) is 5.90. The fraction of sp³-hybridized carbons (Fsp3) is 0.185. The monoisotopic (exact) mass is 553 g/mol. The molecule has 2 bridgehead atoms. The second-order valence-corrected chi connectivity index (χ2v) is 10.8. The highest BCUT2D eigenvalue weighted by Gasteiger charge is 2.73. The number of imide groups is 1. The van der Waals surface area contributed by atoms with Crippen molar-refractivity contribution >= 4 is 58.4 Å². The molecule has 0 aromatic heterocycles. The summed E-state index contributed by atoms with van der Waals surface area (Å²) in [6.45, 7) is -0.611. The lowest BCUT2D eigenvalue weighted by atomic mass is 9.54. The van der Waals surface area contributed by atoms with Gasteiger partial charge in [0.25, 0.3) is 11.8 Å². The molecule has 1 heterocycles. The van der Waals surface area contributed by atoms with Gasteiger partial charge in [-0.1, -0.05) is 72.3 Å². The van der Waals surface area contributed by atoms with Crippen molar-refractivity contribution in [3.63, 3.8) is 0 Å². The van der Waals surface area contributed by atoms with Gasteiger partial charge in [0.1, 0.15) is 16.3 Å². The van der Waals surface area contributed by atoms with Crippen molar-refractivity contribution in [2.24, 2.45) is 11.8 Å². The summed E-state index contributed by atoms with van der Waals surface area (Å²) in [6.07, 6.45) is 0. The van der Waals surface area contributed by atoms with E-state index in [1.165, 1.54) is 12.1 Å². The van der Waals surface area contributed by atoms with E-state index in [1.54, 1.807) is 12.1 Å². The number of hydrogen-bond acceptors (Lipinski definition) is 4. The molecule has 1 fully saturated rings. The molecule has 1 saturated heterocycles. The van der Waals surface area contributed by atoms with E-state index in [4.69, 9.17) is 34.8 Å². The Morgan fingerprint density at radius 3 is 1.62 bits per heavy atom. The molecule has 7 nitrogen and oxygen atoms in total. The number of carbonyl (C=O) groups is 4. The fourth-order valence-corrected chi connectivity index (χ4v) is 7.22. The third kappa shape index (κ3) is 3.14. The number of hydrogen-bond donors (Lipinski definition) is 2. The van der Waals surface area contributed by atoms with Gasteiger partial charge in [-0.2, -0.15) is 0 Å². The third-order valence-electron chi connectivity index (χ3n) is 7.41. The quantitative estimate of drug-likeness (QED) is 0.293. The Kier molecular flexibility index (Phi) is 5.39. The van der Waals surface area contributed by atoms with Gasteiger partial charge in [-0.15, -0.1) is 23.2 Å². The van der Waals surface area contributed by atoms with Gasteiger partial charge in [0.05, 0.1) is 22.4 Å². The van der Waals surface area contributed by atoms with Crippen LogP contribution in [0.5, 0.6) is 0 Å². The summed E-state index contributed by atoms with van der Waals surface area (Å²) in [5, 5.41) is 0.206. The predicted octanol–water partition coefficient (Wildman–Crippen LogP) is 3.69. The highest BCUT2D eigenvalue weighted by atomic mass is 35.5. The summed E-state index contributed by atoms with van der Waals surface area (Å²) in [5.74, 6) is -4.60. The maximum Gasteiger partial charge on any atom is 0.271 e. The number of rotatable bonds is 3. The van der Waals surface area contributed by atoms with E-state index in [0.717, 1.165) is 4.90 Å². The molecule has 3 aromatic carbocycles. The second-order valence-electron chi connectivity index (χ2n) is 9.21. The first kappa shape index (κ1) is 24.0. The van der Waals surface area contributed by atoms with Gasteiger partial charge in [-0.05, 0) is 34.4 Å². The third-order valence-corrected chi connectivity index (χ3v) is 9.03. The Hall–Kier alpha value is -3.39. The average molecular weight is 555 g/mol. The van der Waals surface area contributed by atoms with Crippen molar-refractivity contribution in [2.75, 3.05) is 6.54 Å². The Bertz CT molecular complexity index is 1400. The largest absolute Gasteiger partial charge is 0.274 e. The smallest absolute Gasteiger partial charge is 0.271 e. The molecule has 1 aliphatic heterocycles. The number of carbonyl (C=O) groups excluding carboxylic acids is 4. The van der Waals surface area contributed by atoms with Crippen LogP contribution in [-0.2, 0) is 24.1 Å². The first-order valence-corrected chi connectivity index (χ1v) is 12.6. The number of likely N-dealkylation sites (tertiary alicyclic amines) is 1. The van der Waals surface area contributed by atoms with E-state index >= 15 is 0 Å². The molecule has 0 saturated carbocycles. The van der Waals surface area contributed by atoms with Crippen LogP contribution in [0.3, 0.4) is 0 Å². The lowest BCUT2D eigenvalue weighted by Crippen LogP contribution is -2.57. The zero-order valence-electron chi connectivity index (χ0n) is 19.0. The zero-order chi connectivity index (χ0) is 26.1. The van der Waals surface area contributed by atoms with Crippen molar-refractivity contribution in [3.8, 4) is 0 Å². The summed E-state index contributed by atoms with van der Waals surface area (Å²) in [7, 11) is 0. The molecule has 3 aliphatic carbocycles. The Balaban J connectivity index is 1.31. The topological polar surface area (TPSA) is 95.6 Å². The van der Waals surface area contributed by atoms with Gasteiger partial charge < -0.3 is 0 Å². The molecule has 7 rings (SSSR count). The van der Waals surface area contributed by atoms with E-state index < -0.39 is 51.8 Å². The van der Waals surface area contributed by atoms with E-state index in [2.05, 4.69) is 10.9 Å². The van der Waals surface area contributed by atoms with Crippen LogP contribution in [0.15, 0.2) is 72.8 Å². The van der Waals surface area contributed by atoms with Crippen LogP contribution in [0.4, 0.5) is 0 Å². The molecule has 4 aliphatic rings. The van der Waals surface area contributed by atoms with Crippen LogP contribution in [-0.4, -0.2) is 35.1 Å². The molecule has 4 amide bonds. The normalized spacial score (nSPS) is 26.8. The van der Waals surface area contributed by atoms with Crippen molar-refractivity contribution < 1.29 is 19.2 Å². The molecule has 10 heteroatoms. The summed E-state index contributed by atoms with van der Waals surface area (Å²) in [6, 6.07) is 20.9. The number of amides is 4. The highest BCUT2D eigenvalue weighted by Crippen LogP contribution is 2.69. The van der Waals surface area contributed by atoms with Gasteiger partial charge in [0.15, 0.2) is 0 Å². The lowest BCUT2D eigenvalue weighted by molar-refractivity contribution is -0.143. The van der Waals surface area contributed by atoms with Crippen molar-refractivity contribution in [1.82, 2.24) is 15.8 Å². The number of benzene rings is 3. The van der Waals surface area contributed by atoms with E-state index in [1.807, 2.05) is 48.5 Å². The maximum absolute atomic E-state index is 13.7. The number of hydrazine groups is 1. The zero-order valence-corrected chi connectivity index (χ0v) is 21.3. The van der Waals surface area contributed by atoms with Crippen LogP contribution in [0.1, 0.15) is 32.6 Å². The van der Waals surface area contributed by atoms with E-state index in [-0.39, 0.29) is 10.6 Å². The molecule has 37 heavy (non-hydrogen) atoms. The van der Waals surface area contributed by atoms with Crippen LogP contribution >= 0.6 is 34.8 Å². The molecular formula is C27H18Cl3N3O4. The number of nitrogens with zero attached hydrogens (tertiary/aromatic N) is 1. The molecule has 2 atom stereocenters. The average Bonchev–Trinajstić information content (AvgIpc) is 3.16.